The Bertz CT molecular complexity index is 1620. The van der Waals surface area contributed by atoms with Gasteiger partial charge in [-0.3, -0.25) is 9.59 Å². The zero-order valence-corrected chi connectivity index (χ0v) is 24.6. The van der Waals surface area contributed by atoms with Crippen LogP contribution in [-0.4, -0.2) is 60.9 Å². The number of aliphatic carboxylic acids is 1. The Morgan fingerprint density at radius 1 is 0.911 bits per heavy atom. The molecule has 15 heteroatoms. The average molecular weight is 668 g/mol. The molecule has 1 saturated heterocycles. The number of hydrogen-bond acceptors (Lipinski definition) is 4. The Hall–Kier alpha value is -3.23. The molecular formula is C30H29F8NO5S. The number of carboxylic acids is 1. The first-order valence-electron chi connectivity index (χ1n) is 14.2. The first kappa shape index (κ1) is 33.1. The number of halogens is 8. The third-order valence-corrected chi connectivity index (χ3v) is 12.1. The van der Waals surface area contributed by atoms with Crippen LogP contribution in [0.4, 0.5) is 35.1 Å². The number of alkyl halides is 8. The normalized spacial score (nSPS) is 27.5. The van der Waals surface area contributed by atoms with Gasteiger partial charge >= 0.3 is 24.0 Å². The highest BCUT2D eigenvalue weighted by atomic mass is 32.2. The van der Waals surface area contributed by atoms with Gasteiger partial charge in [-0.2, -0.15) is 26.3 Å². The molecule has 1 aliphatic heterocycles. The molecule has 2 aromatic carbocycles. The molecule has 2 unspecified atom stereocenters. The highest BCUT2D eigenvalue weighted by Gasteiger charge is 2.74. The molecule has 246 valence electrons. The van der Waals surface area contributed by atoms with Crippen molar-refractivity contribution in [3.05, 3.63) is 64.7 Å². The zero-order chi connectivity index (χ0) is 33.4. The van der Waals surface area contributed by atoms with E-state index in [1.807, 2.05) is 0 Å². The van der Waals surface area contributed by atoms with Crippen molar-refractivity contribution in [2.75, 3.05) is 6.54 Å². The van der Waals surface area contributed by atoms with Crippen LogP contribution >= 0.6 is 0 Å². The molecule has 0 bridgehead atoms. The van der Waals surface area contributed by atoms with E-state index in [4.69, 9.17) is 0 Å². The van der Waals surface area contributed by atoms with Crippen molar-refractivity contribution in [2.24, 2.45) is 5.92 Å². The van der Waals surface area contributed by atoms with Crippen molar-refractivity contribution in [1.82, 2.24) is 4.90 Å². The van der Waals surface area contributed by atoms with Gasteiger partial charge in [0.15, 0.2) is 15.5 Å². The summed E-state index contributed by atoms with van der Waals surface area (Å²) in [5, 5.41) is 9.28. The van der Waals surface area contributed by atoms with Crippen molar-refractivity contribution in [1.29, 1.82) is 0 Å². The summed E-state index contributed by atoms with van der Waals surface area (Å²) in [6.07, 6.45) is -14.8. The van der Waals surface area contributed by atoms with Crippen molar-refractivity contribution >= 4 is 21.7 Å². The first-order chi connectivity index (χ1) is 20.7. The molecule has 1 heterocycles. The number of carbonyl (C=O) groups excluding carboxylic acids is 1. The van der Waals surface area contributed by atoms with Gasteiger partial charge in [-0.1, -0.05) is 30.3 Å². The van der Waals surface area contributed by atoms with Crippen LogP contribution in [0.15, 0.2) is 47.4 Å². The van der Waals surface area contributed by atoms with Gasteiger partial charge in [-0.15, -0.1) is 0 Å². The predicted octanol–water partition coefficient (Wildman–Crippen LogP) is 6.48. The maximum absolute atomic E-state index is 16.1. The van der Waals surface area contributed by atoms with Crippen LogP contribution in [0.25, 0.3) is 0 Å². The molecule has 6 nitrogen and oxygen atoms in total. The largest absolute Gasteiger partial charge is 0.481 e. The monoisotopic (exact) mass is 667 g/mol. The molecule has 0 aromatic heterocycles. The van der Waals surface area contributed by atoms with Crippen LogP contribution in [0.1, 0.15) is 60.8 Å². The fraction of sp³-hybridized carbons (Fsp3) is 0.533. The Morgan fingerprint density at radius 2 is 1.53 bits per heavy atom. The highest BCUT2D eigenvalue weighted by Crippen LogP contribution is 2.57. The van der Waals surface area contributed by atoms with Crippen LogP contribution in [0.3, 0.4) is 0 Å². The van der Waals surface area contributed by atoms with E-state index in [0.717, 1.165) is 11.0 Å². The molecule has 0 spiro atoms. The lowest BCUT2D eigenvalue weighted by atomic mass is 9.76. The molecule has 2 atom stereocenters. The van der Waals surface area contributed by atoms with E-state index < -0.39 is 80.5 Å². The van der Waals surface area contributed by atoms with Crippen molar-refractivity contribution in [3.63, 3.8) is 0 Å². The minimum Gasteiger partial charge on any atom is -0.481 e. The Kier molecular flexibility index (Phi) is 7.85. The number of amides is 1. The summed E-state index contributed by atoms with van der Waals surface area (Å²) < 4.78 is 140. The molecule has 5 rings (SSSR count). The van der Waals surface area contributed by atoms with Gasteiger partial charge in [-0.25, -0.2) is 17.2 Å². The maximum atomic E-state index is 16.1. The van der Waals surface area contributed by atoms with E-state index in [2.05, 4.69) is 0 Å². The number of benzene rings is 2. The van der Waals surface area contributed by atoms with Gasteiger partial charge < -0.3 is 10.0 Å². The third kappa shape index (κ3) is 4.91. The number of carbonyl (C=O) groups is 2. The molecule has 2 aliphatic carbocycles. The summed E-state index contributed by atoms with van der Waals surface area (Å²) in [6, 6.07) is 5.78. The number of hydrogen-bond donors (Lipinski definition) is 1. The number of fused-ring (bicyclic) bond motifs is 3. The summed E-state index contributed by atoms with van der Waals surface area (Å²) >= 11 is 0. The number of aryl methyl sites for hydroxylation is 2. The van der Waals surface area contributed by atoms with E-state index in [-0.39, 0.29) is 60.7 Å². The second-order valence-corrected chi connectivity index (χ2v) is 14.3. The standard InChI is InChI=1S/C30H29F8NO5S/c1-17-3-2-4-21(15-17)45(43,44)27-13-14-39(25(42)26(31)11-9-18(10-12-26)24(40)41)23(27)8-5-19-16-20(6-7-22(19)27)28(32,29(33,34)35)30(36,37)38/h2-4,6-7,15-16,18,23H,5,8-14H2,1H3,(H,40,41). The lowest BCUT2D eigenvalue weighted by Crippen LogP contribution is -2.56. The van der Waals surface area contributed by atoms with Crippen molar-refractivity contribution in [3.8, 4) is 0 Å². The summed E-state index contributed by atoms with van der Waals surface area (Å²) in [5.74, 6) is -3.03. The summed E-state index contributed by atoms with van der Waals surface area (Å²) in [6.45, 7) is 1.30. The number of carboxylic acid groups (broad SMARTS) is 1. The van der Waals surface area contributed by atoms with Crippen LogP contribution in [-0.2, 0) is 36.3 Å². The number of rotatable bonds is 5. The Morgan fingerprint density at radius 3 is 2.09 bits per heavy atom. The molecule has 3 aliphatic rings. The van der Waals surface area contributed by atoms with Gasteiger partial charge in [0, 0.05) is 12.1 Å². The first-order valence-corrected chi connectivity index (χ1v) is 15.7. The molecule has 2 fully saturated rings. The molecule has 1 amide bonds. The van der Waals surface area contributed by atoms with Gasteiger partial charge in [0.25, 0.3) is 5.91 Å². The molecule has 1 saturated carbocycles. The minimum atomic E-state index is -6.38. The van der Waals surface area contributed by atoms with Gasteiger partial charge in [-0.05, 0) is 80.7 Å². The third-order valence-electron chi connectivity index (χ3n) is 9.62. The quantitative estimate of drug-likeness (QED) is 0.369. The Balaban J connectivity index is 1.65. The van der Waals surface area contributed by atoms with Crippen molar-refractivity contribution in [2.45, 2.75) is 91.2 Å². The number of likely N-dealkylation sites (tertiary alicyclic amines) is 1. The number of sulfone groups is 1. The van der Waals surface area contributed by atoms with E-state index in [1.54, 1.807) is 13.0 Å². The SMILES string of the molecule is Cc1cccc(S(=O)(=O)C23CCN(C(=O)C4(F)CCC(C(=O)O)CC4)C2CCc2cc(C(F)(C(F)(F)F)C(F)(F)F)ccc23)c1. The van der Waals surface area contributed by atoms with Crippen LogP contribution in [0.5, 0.6) is 0 Å². The van der Waals surface area contributed by atoms with Gasteiger partial charge in [0.05, 0.1) is 16.9 Å². The second-order valence-electron chi connectivity index (χ2n) is 12.1. The smallest absolute Gasteiger partial charge is 0.435 e. The van der Waals surface area contributed by atoms with E-state index >= 15 is 8.78 Å². The maximum Gasteiger partial charge on any atom is 0.435 e. The van der Waals surface area contributed by atoms with E-state index in [9.17, 15) is 49.5 Å². The van der Waals surface area contributed by atoms with Gasteiger partial charge in [0.2, 0.25) is 0 Å². The topological polar surface area (TPSA) is 91.8 Å². The fourth-order valence-electron chi connectivity index (χ4n) is 7.26. The summed E-state index contributed by atoms with van der Waals surface area (Å²) in [4.78, 5) is 26.0. The van der Waals surface area contributed by atoms with E-state index in [1.165, 1.54) is 18.2 Å². The minimum absolute atomic E-state index is 0.127. The van der Waals surface area contributed by atoms with Crippen LogP contribution in [0.2, 0.25) is 0 Å². The lowest BCUT2D eigenvalue weighted by Gasteiger charge is -2.44. The highest BCUT2D eigenvalue weighted by molar-refractivity contribution is 7.92. The average Bonchev–Trinajstić information content (AvgIpc) is 3.36. The molecule has 0 radical (unpaired) electrons. The molecule has 45 heavy (non-hydrogen) atoms. The lowest BCUT2D eigenvalue weighted by molar-refractivity contribution is -0.348. The van der Waals surface area contributed by atoms with Gasteiger partial charge in [0.1, 0.15) is 4.75 Å². The zero-order valence-electron chi connectivity index (χ0n) is 23.8. The second kappa shape index (κ2) is 10.7. The predicted molar refractivity (Wildman–Crippen MR) is 143 cm³/mol. The Labute approximate surface area is 253 Å². The van der Waals surface area contributed by atoms with Crippen LogP contribution in [0, 0.1) is 12.8 Å². The summed E-state index contributed by atoms with van der Waals surface area (Å²) in [7, 11) is -4.57. The molecule has 2 aromatic rings. The molecular weight excluding hydrogens is 638 g/mol. The summed E-state index contributed by atoms with van der Waals surface area (Å²) in [5.41, 5.74) is -9.91. The number of nitrogens with zero attached hydrogens (tertiary/aromatic N) is 1. The molecule has 1 N–H and O–H groups in total. The van der Waals surface area contributed by atoms with Crippen molar-refractivity contribution < 1.29 is 58.2 Å². The fourth-order valence-corrected chi connectivity index (χ4v) is 9.73. The van der Waals surface area contributed by atoms with E-state index in [0.29, 0.717) is 11.6 Å². The van der Waals surface area contributed by atoms with Crippen LogP contribution < -0.4 is 0 Å².